The fraction of sp³-hybridized carbons (Fsp3) is 0.750. The van der Waals surface area contributed by atoms with Gasteiger partial charge in [-0.05, 0) is 32.2 Å². The van der Waals surface area contributed by atoms with Gasteiger partial charge >= 0.3 is 5.97 Å². The number of nitrogens with zero attached hydrogens (tertiary/aromatic N) is 4. The van der Waals surface area contributed by atoms with Crippen molar-refractivity contribution < 1.29 is 14.7 Å². The number of hydrogen-bond donors (Lipinski definition) is 1. The van der Waals surface area contributed by atoms with E-state index in [0.717, 1.165) is 43.5 Å². The molecule has 150 valence electrons. The number of likely N-dealkylation sites (N-methyl/N-ethyl adjacent to an activating group) is 1. The summed E-state index contributed by atoms with van der Waals surface area (Å²) in [7, 11) is 1.89. The summed E-state index contributed by atoms with van der Waals surface area (Å²) >= 11 is 0. The van der Waals surface area contributed by atoms with Gasteiger partial charge in [0.1, 0.15) is 0 Å². The quantitative estimate of drug-likeness (QED) is 0.825. The Kier molecular flexibility index (Phi) is 6.52. The van der Waals surface area contributed by atoms with E-state index in [1.165, 1.54) is 19.3 Å². The summed E-state index contributed by atoms with van der Waals surface area (Å²) in [5.74, 6) is -0.297. The molecular formula is C20H32N4O3. The fourth-order valence-electron chi connectivity index (χ4n) is 4.63. The Bertz CT molecular complexity index is 658. The molecule has 1 amide bonds. The molecule has 1 saturated heterocycles. The van der Waals surface area contributed by atoms with Crippen molar-refractivity contribution in [2.75, 3.05) is 26.2 Å². The molecule has 0 aromatic carbocycles. The first-order valence-corrected chi connectivity index (χ1v) is 10.3. The molecule has 1 N–H and O–H groups in total. The molecule has 1 aliphatic heterocycles. The Morgan fingerprint density at radius 3 is 2.44 bits per heavy atom. The number of rotatable bonds is 6. The van der Waals surface area contributed by atoms with Crippen LogP contribution in [0.15, 0.2) is 6.20 Å². The maximum atomic E-state index is 13.2. The lowest BCUT2D eigenvalue weighted by Gasteiger charge is -2.37. The first kappa shape index (κ1) is 19.9. The molecule has 7 nitrogen and oxygen atoms in total. The Morgan fingerprint density at radius 2 is 1.85 bits per heavy atom. The van der Waals surface area contributed by atoms with E-state index in [1.54, 1.807) is 4.68 Å². The minimum atomic E-state index is -0.789. The Balaban J connectivity index is 1.65. The summed E-state index contributed by atoms with van der Waals surface area (Å²) in [6, 6.07) is 0.238. The molecule has 2 heterocycles. The van der Waals surface area contributed by atoms with Crippen molar-refractivity contribution in [3.63, 3.8) is 0 Å². The van der Waals surface area contributed by atoms with Gasteiger partial charge in [-0.2, -0.15) is 5.10 Å². The SMILES string of the molecule is CCN(CC(=O)O)C1CCN(C(=O)c2cn(C)nc2C2CCCCC2)CC1. The molecule has 3 rings (SSSR count). The predicted octanol–water partition coefficient (Wildman–Crippen LogP) is 2.48. The van der Waals surface area contributed by atoms with Crippen LogP contribution in [0.4, 0.5) is 0 Å². The van der Waals surface area contributed by atoms with Crippen LogP contribution in [0.25, 0.3) is 0 Å². The lowest BCUT2D eigenvalue weighted by atomic mass is 9.85. The largest absolute Gasteiger partial charge is 0.480 e. The zero-order valence-corrected chi connectivity index (χ0v) is 16.6. The molecule has 7 heteroatoms. The number of carbonyl (C=O) groups is 2. The molecule has 2 fully saturated rings. The van der Waals surface area contributed by atoms with Crippen molar-refractivity contribution in [3.8, 4) is 0 Å². The summed E-state index contributed by atoms with van der Waals surface area (Å²) in [6.45, 7) is 4.15. The predicted molar refractivity (Wildman–Crippen MR) is 103 cm³/mol. The van der Waals surface area contributed by atoms with Crippen molar-refractivity contribution in [2.24, 2.45) is 7.05 Å². The van der Waals surface area contributed by atoms with E-state index < -0.39 is 5.97 Å². The van der Waals surface area contributed by atoms with Crippen LogP contribution in [0.5, 0.6) is 0 Å². The van der Waals surface area contributed by atoms with Crippen LogP contribution >= 0.6 is 0 Å². The number of carboxylic acid groups (broad SMARTS) is 1. The Hall–Kier alpha value is -1.89. The van der Waals surface area contributed by atoms with Crippen molar-refractivity contribution in [3.05, 3.63) is 17.5 Å². The molecule has 1 aromatic rings. The molecular weight excluding hydrogens is 344 g/mol. The summed E-state index contributed by atoms with van der Waals surface area (Å²) in [5, 5.41) is 13.7. The van der Waals surface area contributed by atoms with Crippen LogP contribution in [0.2, 0.25) is 0 Å². The Morgan fingerprint density at radius 1 is 1.19 bits per heavy atom. The number of carbonyl (C=O) groups excluding carboxylic acids is 1. The van der Waals surface area contributed by atoms with E-state index in [-0.39, 0.29) is 18.5 Å². The maximum Gasteiger partial charge on any atom is 0.317 e. The lowest BCUT2D eigenvalue weighted by Crippen LogP contribution is -2.48. The minimum absolute atomic E-state index is 0.0730. The number of aliphatic carboxylic acids is 1. The van der Waals surface area contributed by atoms with E-state index in [2.05, 4.69) is 5.10 Å². The second-order valence-corrected chi connectivity index (χ2v) is 7.92. The van der Waals surface area contributed by atoms with Gasteiger partial charge < -0.3 is 10.0 Å². The standard InChI is InChI=1S/C20H32N4O3/c1-3-23(14-18(25)26)16-9-11-24(12-10-16)20(27)17-13-22(2)21-19(17)15-7-5-4-6-8-15/h13,15-16H,3-12,14H2,1-2H3,(H,25,26). The number of aromatic nitrogens is 2. The summed E-state index contributed by atoms with van der Waals surface area (Å²) in [5.41, 5.74) is 1.74. The van der Waals surface area contributed by atoms with Gasteiger partial charge in [0.15, 0.2) is 0 Å². The molecule has 0 atom stereocenters. The van der Waals surface area contributed by atoms with Gasteiger partial charge in [0.25, 0.3) is 5.91 Å². The molecule has 0 bridgehead atoms. The van der Waals surface area contributed by atoms with Gasteiger partial charge in [0.05, 0.1) is 17.8 Å². The van der Waals surface area contributed by atoms with Crippen LogP contribution in [-0.4, -0.2) is 68.8 Å². The molecule has 1 saturated carbocycles. The number of amides is 1. The third-order valence-corrected chi connectivity index (χ3v) is 6.09. The average molecular weight is 377 g/mol. The van der Waals surface area contributed by atoms with Crippen LogP contribution in [0.1, 0.15) is 73.8 Å². The second kappa shape index (κ2) is 8.87. The van der Waals surface area contributed by atoms with Crippen LogP contribution < -0.4 is 0 Å². The molecule has 1 aromatic heterocycles. The summed E-state index contributed by atoms with van der Waals surface area (Å²) in [4.78, 5) is 28.1. The minimum Gasteiger partial charge on any atom is -0.480 e. The third kappa shape index (κ3) is 4.69. The van der Waals surface area contributed by atoms with Crippen molar-refractivity contribution in [1.82, 2.24) is 19.6 Å². The van der Waals surface area contributed by atoms with E-state index in [4.69, 9.17) is 5.11 Å². The third-order valence-electron chi connectivity index (χ3n) is 6.09. The summed E-state index contributed by atoms with van der Waals surface area (Å²) in [6.07, 6.45) is 9.50. The van der Waals surface area contributed by atoms with Gasteiger partial charge in [-0.1, -0.05) is 26.2 Å². The number of likely N-dealkylation sites (tertiary alicyclic amines) is 1. The fourth-order valence-corrected chi connectivity index (χ4v) is 4.63. The van der Waals surface area contributed by atoms with Gasteiger partial charge in [-0.15, -0.1) is 0 Å². The van der Waals surface area contributed by atoms with E-state index in [1.807, 2.05) is 30.0 Å². The lowest BCUT2D eigenvalue weighted by molar-refractivity contribution is -0.139. The van der Waals surface area contributed by atoms with E-state index in [0.29, 0.717) is 19.0 Å². The number of carboxylic acids is 1. The van der Waals surface area contributed by atoms with Crippen molar-refractivity contribution in [1.29, 1.82) is 0 Å². The van der Waals surface area contributed by atoms with E-state index in [9.17, 15) is 9.59 Å². The number of hydrogen-bond acceptors (Lipinski definition) is 4. The second-order valence-electron chi connectivity index (χ2n) is 7.92. The molecule has 0 spiro atoms. The smallest absolute Gasteiger partial charge is 0.317 e. The zero-order chi connectivity index (χ0) is 19.4. The van der Waals surface area contributed by atoms with Crippen molar-refractivity contribution >= 4 is 11.9 Å². The molecule has 1 aliphatic carbocycles. The van der Waals surface area contributed by atoms with Crippen LogP contribution in [-0.2, 0) is 11.8 Å². The van der Waals surface area contributed by atoms with Gasteiger partial charge in [0, 0.05) is 38.3 Å². The maximum absolute atomic E-state index is 13.2. The van der Waals surface area contributed by atoms with Crippen LogP contribution in [0.3, 0.4) is 0 Å². The average Bonchev–Trinajstić information content (AvgIpc) is 3.08. The molecule has 0 unspecified atom stereocenters. The highest BCUT2D eigenvalue weighted by molar-refractivity contribution is 5.95. The van der Waals surface area contributed by atoms with Gasteiger partial charge in [0.2, 0.25) is 0 Å². The monoisotopic (exact) mass is 376 g/mol. The first-order chi connectivity index (χ1) is 13.0. The molecule has 27 heavy (non-hydrogen) atoms. The molecule has 0 radical (unpaired) electrons. The van der Waals surface area contributed by atoms with Crippen molar-refractivity contribution in [2.45, 2.75) is 63.8 Å². The van der Waals surface area contributed by atoms with Crippen LogP contribution in [0, 0.1) is 0 Å². The number of piperidine rings is 1. The number of aryl methyl sites for hydroxylation is 1. The highest BCUT2D eigenvalue weighted by Crippen LogP contribution is 2.34. The Labute approximate surface area is 161 Å². The topological polar surface area (TPSA) is 78.7 Å². The van der Waals surface area contributed by atoms with Gasteiger partial charge in [-0.3, -0.25) is 19.2 Å². The molecule has 2 aliphatic rings. The van der Waals surface area contributed by atoms with Gasteiger partial charge in [-0.25, -0.2) is 0 Å². The highest BCUT2D eigenvalue weighted by Gasteiger charge is 2.31. The van der Waals surface area contributed by atoms with E-state index >= 15 is 0 Å². The highest BCUT2D eigenvalue weighted by atomic mass is 16.4. The zero-order valence-electron chi connectivity index (χ0n) is 16.6. The normalized spacial score (nSPS) is 19.6. The summed E-state index contributed by atoms with van der Waals surface area (Å²) < 4.78 is 1.77. The first-order valence-electron chi connectivity index (χ1n) is 10.3.